The van der Waals surface area contributed by atoms with E-state index in [1.54, 1.807) is 24.4 Å². The summed E-state index contributed by atoms with van der Waals surface area (Å²) >= 11 is 12.0. The molecule has 0 aliphatic carbocycles. The molecule has 1 amide bonds. The molecule has 0 aliphatic heterocycles. The van der Waals surface area contributed by atoms with Crippen molar-refractivity contribution in [3.63, 3.8) is 0 Å². The maximum Gasteiger partial charge on any atom is 0.211 e. The van der Waals surface area contributed by atoms with Crippen LogP contribution in [0.5, 0.6) is 0 Å². The van der Waals surface area contributed by atoms with E-state index in [0.29, 0.717) is 28.8 Å². The fourth-order valence-electron chi connectivity index (χ4n) is 2.76. The van der Waals surface area contributed by atoms with Crippen LogP contribution in [0.3, 0.4) is 0 Å². The van der Waals surface area contributed by atoms with Gasteiger partial charge >= 0.3 is 0 Å². The molecular weight excluding hydrogens is 395 g/mol. The number of halogens is 2. The van der Waals surface area contributed by atoms with Crippen LogP contribution >= 0.6 is 23.2 Å². The standard InChI is InChI=1S/C11H8Cl2N2.C10H14N2O/c1-7-14-5-4-11(15-7)9-6-8(12)2-3-10(9)13;1-7-3-9(5-11)4-8(2)10(7)12-6-13/h2-6H,1H3;3-4,6H,5,11H2,1-2H3,(H,12,13). The highest BCUT2D eigenvalue weighted by Gasteiger charge is 2.06. The summed E-state index contributed by atoms with van der Waals surface area (Å²) < 4.78 is 0. The fourth-order valence-corrected chi connectivity index (χ4v) is 3.14. The van der Waals surface area contributed by atoms with Crippen molar-refractivity contribution in [2.24, 2.45) is 5.73 Å². The van der Waals surface area contributed by atoms with E-state index in [0.717, 1.165) is 33.6 Å². The second-order valence-corrected chi connectivity index (χ2v) is 7.03. The summed E-state index contributed by atoms with van der Waals surface area (Å²) in [6.45, 7) is 6.28. The minimum absolute atomic E-state index is 0.531. The van der Waals surface area contributed by atoms with Crippen LogP contribution in [0.4, 0.5) is 5.69 Å². The number of benzene rings is 2. The minimum Gasteiger partial charge on any atom is -0.328 e. The molecule has 1 aromatic heterocycles. The third kappa shape index (κ3) is 5.76. The molecule has 0 bridgehead atoms. The Bertz CT molecular complexity index is 953. The van der Waals surface area contributed by atoms with Crippen LogP contribution in [-0.2, 0) is 11.3 Å². The number of aryl methyl sites for hydroxylation is 3. The molecule has 0 saturated carbocycles. The Kier molecular flexibility index (Phi) is 7.93. The molecule has 28 heavy (non-hydrogen) atoms. The molecular formula is C21H22Cl2N4O. The number of rotatable bonds is 4. The first kappa shape index (κ1) is 21.8. The van der Waals surface area contributed by atoms with Gasteiger partial charge in [0.1, 0.15) is 5.82 Å². The zero-order chi connectivity index (χ0) is 20.7. The van der Waals surface area contributed by atoms with Crippen molar-refractivity contribution in [1.82, 2.24) is 9.97 Å². The molecule has 0 spiro atoms. The number of carbonyl (C=O) groups excluding carboxylic acids is 1. The first-order valence-corrected chi connectivity index (χ1v) is 9.36. The van der Waals surface area contributed by atoms with Crippen molar-refractivity contribution >= 4 is 35.3 Å². The number of carbonyl (C=O) groups is 1. The second-order valence-electron chi connectivity index (χ2n) is 6.18. The summed E-state index contributed by atoms with van der Waals surface area (Å²) in [5.41, 5.74) is 11.2. The maximum absolute atomic E-state index is 10.3. The van der Waals surface area contributed by atoms with Gasteiger partial charge in [0.2, 0.25) is 6.41 Å². The maximum atomic E-state index is 10.3. The molecule has 7 heteroatoms. The van der Waals surface area contributed by atoms with Gasteiger partial charge in [-0.15, -0.1) is 0 Å². The lowest BCUT2D eigenvalue weighted by atomic mass is 10.0. The number of amides is 1. The quantitative estimate of drug-likeness (QED) is 0.580. The zero-order valence-electron chi connectivity index (χ0n) is 16.0. The van der Waals surface area contributed by atoms with Crippen molar-refractivity contribution in [2.75, 3.05) is 5.32 Å². The summed E-state index contributed by atoms with van der Waals surface area (Å²) in [6.07, 6.45) is 2.40. The number of aromatic nitrogens is 2. The molecule has 146 valence electrons. The van der Waals surface area contributed by atoms with E-state index in [1.165, 1.54) is 0 Å². The van der Waals surface area contributed by atoms with E-state index in [1.807, 2.05) is 39.0 Å². The van der Waals surface area contributed by atoms with Crippen molar-refractivity contribution < 1.29 is 4.79 Å². The monoisotopic (exact) mass is 416 g/mol. The van der Waals surface area contributed by atoms with Crippen molar-refractivity contribution in [1.29, 1.82) is 0 Å². The van der Waals surface area contributed by atoms with E-state index >= 15 is 0 Å². The van der Waals surface area contributed by atoms with Crippen molar-refractivity contribution in [2.45, 2.75) is 27.3 Å². The number of nitrogens with zero attached hydrogens (tertiary/aromatic N) is 2. The summed E-state index contributed by atoms with van der Waals surface area (Å²) in [4.78, 5) is 18.6. The summed E-state index contributed by atoms with van der Waals surface area (Å²) in [5, 5.41) is 3.95. The average molecular weight is 417 g/mol. The SMILES string of the molecule is Cc1cc(CN)cc(C)c1NC=O.Cc1nccc(-c2cc(Cl)ccc2Cl)n1. The first-order chi connectivity index (χ1) is 13.3. The average Bonchev–Trinajstić information content (AvgIpc) is 2.67. The van der Waals surface area contributed by atoms with E-state index in [4.69, 9.17) is 28.9 Å². The van der Waals surface area contributed by atoms with E-state index in [-0.39, 0.29) is 0 Å². The van der Waals surface area contributed by atoms with Gasteiger partial charge in [0.25, 0.3) is 0 Å². The highest BCUT2D eigenvalue weighted by atomic mass is 35.5. The minimum atomic E-state index is 0.531. The highest BCUT2D eigenvalue weighted by Crippen LogP contribution is 2.29. The highest BCUT2D eigenvalue weighted by molar-refractivity contribution is 6.35. The van der Waals surface area contributed by atoms with Crippen LogP contribution in [0.25, 0.3) is 11.3 Å². The van der Waals surface area contributed by atoms with Gasteiger partial charge in [0.05, 0.1) is 10.7 Å². The molecule has 0 atom stereocenters. The summed E-state index contributed by atoms with van der Waals surface area (Å²) in [6, 6.07) is 11.1. The smallest absolute Gasteiger partial charge is 0.211 e. The Morgan fingerprint density at radius 2 is 1.75 bits per heavy atom. The topological polar surface area (TPSA) is 80.9 Å². The Morgan fingerprint density at radius 1 is 1.07 bits per heavy atom. The fraction of sp³-hybridized carbons (Fsp3) is 0.190. The molecule has 2 aromatic carbocycles. The molecule has 3 N–H and O–H groups in total. The van der Waals surface area contributed by atoms with Gasteiger partial charge in [-0.3, -0.25) is 4.79 Å². The van der Waals surface area contributed by atoms with E-state index in [2.05, 4.69) is 15.3 Å². The number of hydrogen-bond donors (Lipinski definition) is 2. The Morgan fingerprint density at radius 3 is 2.32 bits per heavy atom. The van der Waals surface area contributed by atoms with E-state index in [9.17, 15) is 4.79 Å². The second kappa shape index (κ2) is 10.2. The molecule has 0 saturated heterocycles. The molecule has 3 rings (SSSR count). The summed E-state index contributed by atoms with van der Waals surface area (Å²) in [7, 11) is 0. The van der Waals surface area contributed by atoms with Crippen molar-refractivity contribution in [3.05, 3.63) is 75.2 Å². The number of anilines is 1. The number of hydrogen-bond acceptors (Lipinski definition) is 4. The normalized spacial score (nSPS) is 10.1. The Hall–Kier alpha value is -2.47. The Labute approximate surface area is 174 Å². The van der Waals surface area contributed by atoms with E-state index < -0.39 is 0 Å². The first-order valence-electron chi connectivity index (χ1n) is 8.61. The van der Waals surface area contributed by atoms with Crippen LogP contribution in [0.2, 0.25) is 10.0 Å². The van der Waals surface area contributed by atoms with Gasteiger partial charge in [-0.05, 0) is 61.7 Å². The van der Waals surface area contributed by atoms with Gasteiger partial charge in [-0.25, -0.2) is 9.97 Å². The molecule has 3 aromatic rings. The predicted octanol–water partition coefficient (Wildman–Crippen LogP) is 5.09. The molecule has 1 heterocycles. The largest absolute Gasteiger partial charge is 0.328 e. The van der Waals surface area contributed by atoms with Gasteiger partial charge in [-0.2, -0.15) is 0 Å². The van der Waals surface area contributed by atoms with Crippen LogP contribution in [0.1, 0.15) is 22.5 Å². The molecule has 0 aliphatic rings. The van der Waals surface area contributed by atoms with Crippen LogP contribution in [-0.4, -0.2) is 16.4 Å². The molecule has 0 unspecified atom stereocenters. The molecule has 0 radical (unpaired) electrons. The number of nitrogens with two attached hydrogens (primary N) is 1. The lowest BCUT2D eigenvalue weighted by Gasteiger charge is -2.10. The lowest BCUT2D eigenvalue weighted by Crippen LogP contribution is -2.03. The van der Waals surface area contributed by atoms with Gasteiger partial charge in [-0.1, -0.05) is 35.3 Å². The third-order valence-electron chi connectivity index (χ3n) is 4.01. The van der Waals surface area contributed by atoms with Gasteiger partial charge < -0.3 is 11.1 Å². The zero-order valence-corrected chi connectivity index (χ0v) is 17.5. The lowest BCUT2D eigenvalue weighted by molar-refractivity contribution is -0.105. The Balaban J connectivity index is 0.000000203. The van der Waals surface area contributed by atoms with Gasteiger partial charge in [0.15, 0.2) is 0 Å². The third-order valence-corrected chi connectivity index (χ3v) is 4.58. The van der Waals surface area contributed by atoms with Crippen LogP contribution in [0, 0.1) is 20.8 Å². The van der Waals surface area contributed by atoms with Crippen LogP contribution in [0.15, 0.2) is 42.6 Å². The molecule has 0 fully saturated rings. The van der Waals surface area contributed by atoms with Crippen LogP contribution < -0.4 is 11.1 Å². The predicted molar refractivity (Wildman–Crippen MR) is 116 cm³/mol. The molecule has 5 nitrogen and oxygen atoms in total. The van der Waals surface area contributed by atoms with Crippen molar-refractivity contribution in [3.8, 4) is 11.3 Å². The number of nitrogens with one attached hydrogen (secondary N) is 1. The van der Waals surface area contributed by atoms with Gasteiger partial charge in [0, 0.05) is 29.0 Å². The summed E-state index contributed by atoms with van der Waals surface area (Å²) in [5.74, 6) is 0.712.